The predicted octanol–water partition coefficient (Wildman–Crippen LogP) is 2.39. The van der Waals surface area contributed by atoms with Crippen LogP contribution in [0.1, 0.15) is 36.2 Å². The largest absolute Gasteiger partial charge is 0.368 e. The van der Waals surface area contributed by atoms with Crippen LogP contribution in [0, 0.1) is 13.8 Å². The summed E-state index contributed by atoms with van der Waals surface area (Å²) in [4.78, 5) is 25.2. The van der Waals surface area contributed by atoms with Gasteiger partial charge in [0.2, 0.25) is 0 Å². The molecule has 0 aliphatic carbocycles. The van der Waals surface area contributed by atoms with Crippen LogP contribution in [-0.4, -0.2) is 64.6 Å². The zero-order chi connectivity index (χ0) is 18.1. The monoisotopic (exact) mass is 356 g/mol. The molecule has 26 heavy (non-hydrogen) atoms. The van der Waals surface area contributed by atoms with Crippen LogP contribution in [0.2, 0.25) is 0 Å². The molecule has 6 heteroatoms. The molecule has 3 heterocycles. The summed E-state index contributed by atoms with van der Waals surface area (Å²) in [5.74, 6) is 1.19. The number of amides is 1. The molecule has 2 aromatic rings. The molecule has 6 nitrogen and oxygen atoms in total. The minimum atomic E-state index is -0.205. The number of H-pyrrole nitrogens is 1. The molecule has 0 bridgehead atoms. The van der Waals surface area contributed by atoms with Crippen molar-refractivity contribution in [2.24, 2.45) is 0 Å². The first-order valence-corrected chi connectivity index (χ1v) is 9.69. The highest BCUT2D eigenvalue weighted by atomic mass is 16.5. The standard InChI is InChI=1S/C20H28N4O2/c1-14-6-7-16-19(15(14)2)22-18(21-16)13-23-8-4-9-24(11-10-23)20(25)17-5-3-12-26-17/h6-7,17H,3-5,8-13H2,1-2H3,(H,21,22)/t17-/m0/s1. The van der Waals surface area contributed by atoms with E-state index in [0.29, 0.717) is 0 Å². The summed E-state index contributed by atoms with van der Waals surface area (Å²) in [6.45, 7) is 9.25. The van der Waals surface area contributed by atoms with Gasteiger partial charge in [-0.2, -0.15) is 0 Å². The van der Waals surface area contributed by atoms with Crippen molar-refractivity contribution in [3.8, 4) is 0 Å². The first-order valence-electron chi connectivity index (χ1n) is 9.69. The van der Waals surface area contributed by atoms with E-state index >= 15 is 0 Å². The quantitative estimate of drug-likeness (QED) is 0.917. The Bertz CT molecular complexity index is 794. The van der Waals surface area contributed by atoms with Gasteiger partial charge in [0.1, 0.15) is 11.9 Å². The molecule has 1 atom stereocenters. The topological polar surface area (TPSA) is 61.5 Å². The van der Waals surface area contributed by atoms with E-state index < -0.39 is 0 Å². The van der Waals surface area contributed by atoms with Gasteiger partial charge in [-0.1, -0.05) is 6.07 Å². The number of carbonyl (C=O) groups excluding carboxylic acids is 1. The minimum Gasteiger partial charge on any atom is -0.368 e. The summed E-state index contributed by atoms with van der Waals surface area (Å²) < 4.78 is 5.57. The lowest BCUT2D eigenvalue weighted by Crippen LogP contribution is -2.41. The Kier molecular flexibility index (Phi) is 4.96. The molecule has 0 saturated carbocycles. The Morgan fingerprint density at radius 2 is 2.12 bits per heavy atom. The number of aromatic amines is 1. The third-order valence-electron chi connectivity index (χ3n) is 5.71. The molecule has 2 saturated heterocycles. The van der Waals surface area contributed by atoms with Crippen LogP contribution in [0.25, 0.3) is 11.0 Å². The highest BCUT2D eigenvalue weighted by molar-refractivity contribution is 5.81. The van der Waals surface area contributed by atoms with Gasteiger partial charge in [0.15, 0.2) is 0 Å². The number of rotatable bonds is 3. The number of ether oxygens (including phenoxy) is 1. The Morgan fingerprint density at radius 1 is 1.23 bits per heavy atom. The average molecular weight is 356 g/mol. The van der Waals surface area contributed by atoms with Crippen molar-refractivity contribution >= 4 is 16.9 Å². The molecular formula is C20H28N4O2. The number of nitrogens with zero attached hydrogens (tertiary/aromatic N) is 3. The molecule has 2 aliphatic heterocycles. The van der Waals surface area contributed by atoms with E-state index in [4.69, 9.17) is 9.72 Å². The van der Waals surface area contributed by atoms with E-state index in [1.54, 1.807) is 0 Å². The van der Waals surface area contributed by atoms with Gasteiger partial charge in [-0.25, -0.2) is 4.98 Å². The van der Waals surface area contributed by atoms with E-state index in [2.05, 4.69) is 35.9 Å². The van der Waals surface area contributed by atoms with Crippen molar-refractivity contribution in [2.75, 3.05) is 32.8 Å². The van der Waals surface area contributed by atoms with Gasteiger partial charge in [0.25, 0.3) is 5.91 Å². The number of hydrogen-bond acceptors (Lipinski definition) is 4. The van der Waals surface area contributed by atoms with Crippen LogP contribution in [0.3, 0.4) is 0 Å². The number of nitrogens with one attached hydrogen (secondary N) is 1. The van der Waals surface area contributed by atoms with Gasteiger partial charge in [0, 0.05) is 32.8 Å². The first kappa shape index (κ1) is 17.5. The molecule has 0 unspecified atom stereocenters. The van der Waals surface area contributed by atoms with Crippen molar-refractivity contribution in [3.05, 3.63) is 29.1 Å². The second-order valence-corrected chi connectivity index (χ2v) is 7.54. The third kappa shape index (κ3) is 3.48. The van der Waals surface area contributed by atoms with Crippen LogP contribution in [0.4, 0.5) is 0 Å². The SMILES string of the molecule is Cc1ccc2[nH]c(CN3CCCN(C(=O)[C@@H]4CCCO4)CC3)nc2c1C. The van der Waals surface area contributed by atoms with E-state index in [-0.39, 0.29) is 12.0 Å². The normalized spacial score (nSPS) is 22.1. The molecule has 2 aliphatic rings. The molecule has 1 aromatic carbocycles. The Morgan fingerprint density at radius 3 is 2.92 bits per heavy atom. The fraction of sp³-hybridized carbons (Fsp3) is 0.600. The molecule has 2 fully saturated rings. The average Bonchev–Trinajstić information content (AvgIpc) is 3.25. The minimum absolute atomic E-state index is 0.180. The number of hydrogen-bond donors (Lipinski definition) is 1. The number of aryl methyl sites for hydroxylation is 2. The smallest absolute Gasteiger partial charge is 0.251 e. The summed E-state index contributed by atoms with van der Waals surface area (Å²) in [6.07, 6.45) is 2.66. The number of fused-ring (bicyclic) bond motifs is 1. The third-order valence-corrected chi connectivity index (χ3v) is 5.71. The van der Waals surface area contributed by atoms with Crippen LogP contribution in [0.5, 0.6) is 0 Å². The van der Waals surface area contributed by atoms with E-state index in [9.17, 15) is 4.79 Å². The highest BCUT2D eigenvalue weighted by Crippen LogP contribution is 2.20. The molecule has 140 valence electrons. The molecule has 4 rings (SSSR count). The number of aromatic nitrogens is 2. The van der Waals surface area contributed by atoms with Gasteiger partial charge in [0.05, 0.1) is 17.6 Å². The Balaban J connectivity index is 1.40. The van der Waals surface area contributed by atoms with Crippen molar-refractivity contribution in [3.63, 3.8) is 0 Å². The van der Waals surface area contributed by atoms with E-state index in [0.717, 1.165) is 75.5 Å². The Hall–Kier alpha value is -1.92. The summed E-state index contributed by atoms with van der Waals surface area (Å²) in [7, 11) is 0. The van der Waals surface area contributed by atoms with Gasteiger partial charge >= 0.3 is 0 Å². The fourth-order valence-corrected chi connectivity index (χ4v) is 3.98. The second-order valence-electron chi connectivity index (χ2n) is 7.54. The predicted molar refractivity (Wildman–Crippen MR) is 101 cm³/mol. The maximum absolute atomic E-state index is 12.6. The number of imidazole rings is 1. The summed E-state index contributed by atoms with van der Waals surface area (Å²) in [6, 6.07) is 4.25. The first-order chi connectivity index (χ1) is 12.6. The van der Waals surface area contributed by atoms with Crippen LogP contribution in [0.15, 0.2) is 12.1 Å². The molecular weight excluding hydrogens is 328 g/mol. The maximum Gasteiger partial charge on any atom is 0.251 e. The lowest BCUT2D eigenvalue weighted by Gasteiger charge is -2.24. The highest BCUT2D eigenvalue weighted by Gasteiger charge is 2.29. The summed E-state index contributed by atoms with van der Waals surface area (Å²) in [5.41, 5.74) is 4.70. The molecule has 0 spiro atoms. The number of benzene rings is 1. The fourth-order valence-electron chi connectivity index (χ4n) is 3.98. The van der Waals surface area contributed by atoms with Crippen molar-refractivity contribution < 1.29 is 9.53 Å². The summed E-state index contributed by atoms with van der Waals surface area (Å²) in [5, 5.41) is 0. The zero-order valence-electron chi connectivity index (χ0n) is 15.8. The maximum atomic E-state index is 12.6. The molecule has 0 radical (unpaired) electrons. The lowest BCUT2D eigenvalue weighted by atomic mass is 10.1. The lowest BCUT2D eigenvalue weighted by molar-refractivity contribution is -0.140. The van der Waals surface area contributed by atoms with Gasteiger partial charge in [-0.3, -0.25) is 9.69 Å². The number of carbonyl (C=O) groups is 1. The van der Waals surface area contributed by atoms with Crippen LogP contribution >= 0.6 is 0 Å². The molecule has 1 amide bonds. The van der Waals surface area contributed by atoms with Gasteiger partial charge in [-0.15, -0.1) is 0 Å². The summed E-state index contributed by atoms with van der Waals surface area (Å²) >= 11 is 0. The zero-order valence-corrected chi connectivity index (χ0v) is 15.8. The molecule has 1 aromatic heterocycles. The van der Waals surface area contributed by atoms with Crippen molar-refractivity contribution in [1.82, 2.24) is 19.8 Å². The van der Waals surface area contributed by atoms with Gasteiger partial charge in [-0.05, 0) is 50.3 Å². The second kappa shape index (κ2) is 7.37. The van der Waals surface area contributed by atoms with Crippen LogP contribution < -0.4 is 0 Å². The van der Waals surface area contributed by atoms with E-state index in [1.165, 1.54) is 11.1 Å². The van der Waals surface area contributed by atoms with E-state index in [1.807, 2.05) is 4.90 Å². The van der Waals surface area contributed by atoms with Gasteiger partial charge < -0.3 is 14.6 Å². The molecule has 1 N–H and O–H groups in total. The van der Waals surface area contributed by atoms with Crippen LogP contribution in [-0.2, 0) is 16.1 Å². The Labute approximate surface area is 154 Å². The van der Waals surface area contributed by atoms with Crippen molar-refractivity contribution in [2.45, 2.75) is 45.8 Å². The van der Waals surface area contributed by atoms with Crippen molar-refractivity contribution in [1.29, 1.82) is 0 Å².